The molecule has 1 aromatic carbocycles. The van der Waals surface area contributed by atoms with Gasteiger partial charge in [-0.05, 0) is 47.0 Å². The number of hydrogen-bond acceptors (Lipinski definition) is 4. The minimum atomic E-state index is -0.463. The van der Waals surface area contributed by atoms with Crippen molar-refractivity contribution >= 4 is 39.1 Å². The number of carbonyl (C=O) groups is 2. The van der Waals surface area contributed by atoms with Crippen molar-refractivity contribution in [3.8, 4) is 11.4 Å². The molecule has 25 heavy (non-hydrogen) atoms. The highest BCUT2D eigenvalue weighted by molar-refractivity contribution is 9.10. The first-order chi connectivity index (χ1) is 12.0. The van der Waals surface area contributed by atoms with Gasteiger partial charge in [-0.3, -0.25) is 9.59 Å². The van der Waals surface area contributed by atoms with Crippen LogP contribution in [0.15, 0.2) is 33.4 Å². The number of aromatic nitrogens is 2. The van der Waals surface area contributed by atoms with Crippen LogP contribution in [0.25, 0.3) is 11.4 Å². The number of allylic oxidation sites excluding steroid dienone is 2. The molecule has 4 rings (SSSR count). The number of ketones is 2. The minimum absolute atomic E-state index is 0.0367. The molecule has 5 nitrogen and oxygen atoms in total. The van der Waals surface area contributed by atoms with Crippen LogP contribution < -0.4 is 0 Å². The Balaban J connectivity index is 1.78. The Bertz CT molecular complexity index is 947. The van der Waals surface area contributed by atoms with E-state index in [-0.39, 0.29) is 33.7 Å². The highest BCUT2D eigenvalue weighted by atomic mass is 79.9. The quantitative estimate of drug-likeness (QED) is 0.794. The number of H-pyrrole nitrogens is 1. The van der Waals surface area contributed by atoms with Gasteiger partial charge in [-0.25, -0.2) is 9.37 Å². The summed E-state index contributed by atoms with van der Waals surface area (Å²) in [6.07, 6.45) is 1.90. The van der Waals surface area contributed by atoms with Crippen LogP contribution in [0.3, 0.4) is 0 Å². The van der Waals surface area contributed by atoms with Crippen LogP contribution in [-0.4, -0.2) is 39.5 Å². The number of Topliss-reactive ketones (excluding diaryl/α,β-unsaturated/α-hetero) is 2. The topological polar surface area (TPSA) is 66.1 Å². The highest BCUT2D eigenvalue weighted by Gasteiger charge is 2.38. The summed E-state index contributed by atoms with van der Waals surface area (Å²) >= 11 is 9.28. The minimum Gasteiger partial charge on any atom is -0.367 e. The van der Waals surface area contributed by atoms with Gasteiger partial charge in [0.25, 0.3) is 0 Å². The van der Waals surface area contributed by atoms with Crippen molar-refractivity contribution in [2.24, 2.45) is 0 Å². The largest absolute Gasteiger partial charge is 0.367 e. The van der Waals surface area contributed by atoms with E-state index in [0.29, 0.717) is 23.1 Å². The lowest BCUT2D eigenvalue weighted by Gasteiger charge is -2.23. The Morgan fingerprint density at radius 2 is 1.92 bits per heavy atom. The van der Waals surface area contributed by atoms with Crippen molar-refractivity contribution in [1.29, 1.82) is 0 Å². The number of aromatic amines is 1. The molecule has 1 aliphatic carbocycles. The third-order valence-corrected chi connectivity index (χ3v) is 5.38. The van der Waals surface area contributed by atoms with Crippen LogP contribution in [0.1, 0.15) is 33.8 Å². The number of nitrogens with zero attached hydrogens (tertiary/aromatic N) is 2. The summed E-state index contributed by atoms with van der Waals surface area (Å²) in [5.74, 6) is -1.04. The van der Waals surface area contributed by atoms with E-state index in [1.165, 1.54) is 12.1 Å². The molecule has 0 spiro atoms. The molecular weight excluding hydrogens is 413 g/mol. The zero-order valence-corrected chi connectivity index (χ0v) is 15.2. The summed E-state index contributed by atoms with van der Waals surface area (Å²) in [6.45, 7) is 1.38. The van der Waals surface area contributed by atoms with Crippen molar-refractivity contribution < 1.29 is 14.0 Å². The van der Waals surface area contributed by atoms with E-state index >= 15 is 0 Å². The molecule has 0 amide bonds. The molecule has 0 bridgehead atoms. The van der Waals surface area contributed by atoms with Crippen LogP contribution in [-0.2, 0) is 0 Å². The number of fused-ring (bicyclic) bond motifs is 1. The SMILES string of the molecule is O=C1C(N2CCCC2)=C(Cl)C(=O)c2[nH]c(-c3ccc(Br)c(F)c3)nc21. The molecule has 2 aliphatic rings. The molecule has 1 fully saturated rings. The molecule has 0 atom stereocenters. The summed E-state index contributed by atoms with van der Waals surface area (Å²) in [5.41, 5.74) is 0.747. The Hall–Kier alpha value is -1.99. The lowest BCUT2D eigenvalue weighted by atomic mass is 10.0. The van der Waals surface area contributed by atoms with Crippen LogP contribution in [0.4, 0.5) is 4.39 Å². The third-order valence-electron chi connectivity index (χ3n) is 4.38. The number of hydrogen-bond donors (Lipinski definition) is 1. The van der Waals surface area contributed by atoms with Gasteiger partial charge in [0.1, 0.15) is 33.8 Å². The number of likely N-dealkylation sites (tertiary alicyclic amines) is 1. The van der Waals surface area contributed by atoms with Gasteiger partial charge >= 0.3 is 0 Å². The van der Waals surface area contributed by atoms with Crippen LogP contribution in [0.2, 0.25) is 0 Å². The molecule has 1 aliphatic heterocycles. The van der Waals surface area contributed by atoms with Gasteiger partial charge in [0, 0.05) is 18.7 Å². The second-order valence-corrected chi connectivity index (χ2v) is 7.19. The van der Waals surface area contributed by atoms with E-state index in [1.807, 2.05) is 4.90 Å². The second-order valence-electron chi connectivity index (χ2n) is 5.95. The van der Waals surface area contributed by atoms with E-state index in [1.54, 1.807) is 6.07 Å². The molecule has 8 heteroatoms. The molecule has 0 saturated carbocycles. The normalized spacial score (nSPS) is 17.5. The summed E-state index contributed by atoms with van der Waals surface area (Å²) < 4.78 is 14.1. The fourth-order valence-electron chi connectivity index (χ4n) is 3.13. The lowest BCUT2D eigenvalue weighted by Crippen LogP contribution is -2.31. The van der Waals surface area contributed by atoms with Crippen LogP contribution >= 0.6 is 27.5 Å². The van der Waals surface area contributed by atoms with Gasteiger partial charge < -0.3 is 9.88 Å². The first-order valence-corrected chi connectivity index (χ1v) is 8.94. The molecule has 1 aromatic heterocycles. The molecule has 1 N–H and O–H groups in total. The standard InChI is InChI=1S/C17H12BrClFN3O2/c18-9-4-3-8(7-10(9)20)17-21-12-13(22-17)16(25)14(11(19)15(12)24)23-5-1-2-6-23/h3-4,7H,1-2,5-6H2,(H,21,22). The number of nitrogens with one attached hydrogen (secondary N) is 1. The summed E-state index contributed by atoms with van der Waals surface area (Å²) in [4.78, 5) is 34.3. The zero-order chi connectivity index (χ0) is 17.7. The molecular formula is C17H12BrClFN3O2. The molecule has 1 saturated heterocycles. The smallest absolute Gasteiger partial charge is 0.231 e. The highest BCUT2D eigenvalue weighted by Crippen LogP contribution is 2.33. The van der Waals surface area contributed by atoms with Gasteiger partial charge in [-0.2, -0.15) is 0 Å². The van der Waals surface area contributed by atoms with Crippen molar-refractivity contribution in [3.05, 3.63) is 50.6 Å². The van der Waals surface area contributed by atoms with Gasteiger partial charge in [0.2, 0.25) is 11.6 Å². The van der Waals surface area contributed by atoms with E-state index in [4.69, 9.17) is 11.6 Å². The van der Waals surface area contributed by atoms with Crippen LogP contribution in [0.5, 0.6) is 0 Å². The first-order valence-electron chi connectivity index (χ1n) is 7.77. The Kier molecular flexibility index (Phi) is 4.00. The predicted octanol–water partition coefficient (Wildman–Crippen LogP) is 3.90. The Morgan fingerprint density at radius 1 is 1.20 bits per heavy atom. The molecule has 128 valence electrons. The third kappa shape index (κ3) is 2.62. The van der Waals surface area contributed by atoms with E-state index in [9.17, 15) is 14.0 Å². The molecule has 2 heterocycles. The van der Waals surface area contributed by atoms with Crippen LogP contribution in [0, 0.1) is 5.82 Å². The average Bonchev–Trinajstić information content (AvgIpc) is 3.25. The number of halogens is 3. The van der Waals surface area contributed by atoms with Gasteiger partial charge in [0.05, 0.1) is 4.47 Å². The Morgan fingerprint density at radius 3 is 2.60 bits per heavy atom. The monoisotopic (exact) mass is 423 g/mol. The maximum Gasteiger partial charge on any atom is 0.231 e. The first kappa shape index (κ1) is 16.5. The van der Waals surface area contributed by atoms with Crippen molar-refractivity contribution in [2.75, 3.05) is 13.1 Å². The van der Waals surface area contributed by atoms with Crippen molar-refractivity contribution in [3.63, 3.8) is 0 Å². The average molecular weight is 425 g/mol. The molecule has 2 aromatic rings. The zero-order valence-electron chi connectivity index (χ0n) is 12.9. The van der Waals surface area contributed by atoms with Crippen molar-refractivity contribution in [2.45, 2.75) is 12.8 Å². The fraction of sp³-hybridized carbons (Fsp3) is 0.235. The number of carbonyl (C=O) groups excluding carboxylic acids is 2. The summed E-state index contributed by atoms with van der Waals surface area (Å²) in [6, 6.07) is 4.46. The number of imidazole rings is 1. The molecule has 0 unspecified atom stereocenters. The van der Waals surface area contributed by atoms with E-state index in [0.717, 1.165) is 12.8 Å². The maximum absolute atomic E-state index is 13.8. The van der Waals surface area contributed by atoms with E-state index in [2.05, 4.69) is 25.9 Å². The predicted molar refractivity (Wildman–Crippen MR) is 94.0 cm³/mol. The van der Waals surface area contributed by atoms with Gasteiger partial charge in [-0.1, -0.05) is 11.6 Å². The summed E-state index contributed by atoms with van der Waals surface area (Å²) in [5, 5.41) is -0.0865. The fourth-order valence-corrected chi connectivity index (χ4v) is 3.68. The van der Waals surface area contributed by atoms with Crippen molar-refractivity contribution in [1.82, 2.24) is 14.9 Å². The number of rotatable bonds is 2. The lowest BCUT2D eigenvalue weighted by molar-refractivity contribution is 0.0948. The van der Waals surface area contributed by atoms with Gasteiger partial charge in [-0.15, -0.1) is 0 Å². The molecule has 0 radical (unpaired) electrons. The summed E-state index contributed by atoms with van der Waals surface area (Å²) in [7, 11) is 0. The van der Waals surface area contributed by atoms with E-state index < -0.39 is 11.6 Å². The second kappa shape index (κ2) is 6.07. The van der Waals surface area contributed by atoms with Gasteiger partial charge in [0.15, 0.2) is 0 Å². The number of benzene rings is 1. The maximum atomic E-state index is 13.8. The Labute approximate surface area is 156 Å².